The second kappa shape index (κ2) is 3.77. The Morgan fingerprint density at radius 3 is 2.38 bits per heavy atom. The Hall–Kier alpha value is -2.17. The maximum Gasteiger partial charge on any atom is 0.172 e. The molecule has 5 heteroatoms. The lowest BCUT2D eigenvalue weighted by molar-refractivity contribution is 0.871. The largest absolute Gasteiger partial charge is 0.382 e. The Morgan fingerprint density at radius 2 is 1.88 bits per heavy atom. The molecule has 0 aliphatic rings. The zero-order valence-corrected chi connectivity index (χ0v) is 9.14. The molecule has 0 spiro atoms. The lowest BCUT2D eigenvalue weighted by Gasteiger charge is -2.03. The van der Waals surface area contributed by atoms with E-state index in [2.05, 4.69) is 10.3 Å². The Kier molecular flexibility index (Phi) is 2.44. The van der Waals surface area contributed by atoms with Crippen LogP contribution in [0.3, 0.4) is 0 Å². The van der Waals surface area contributed by atoms with Crippen LogP contribution in [0.4, 0.5) is 11.5 Å². The first-order chi connectivity index (χ1) is 7.63. The fourth-order valence-corrected chi connectivity index (χ4v) is 1.53. The molecule has 0 atom stereocenters. The molecule has 1 aromatic carbocycles. The quantitative estimate of drug-likeness (QED) is 0.783. The van der Waals surface area contributed by atoms with Crippen molar-refractivity contribution in [3.05, 3.63) is 40.4 Å². The van der Waals surface area contributed by atoms with Gasteiger partial charge in [-0.2, -0.15) is 5.10 Å². The van der Waals surface area contributed by atoms with E-state index in [1.807, 2.05) is 31.2 Å². The molecule has 0 fully saturated rings. The zero-order valence-electron chi connectivity index (χ0n) is 9.14. The number of nitrogen functional groups attached to an aromatic ring is 1. The highest BCUT2D eigenvalue weighted by Crippen LogP contribution is 2.28. The summed E-state index contributed by atoms with van der Waals surface area (Å²) in [4.78, 5) is 10.6. The van der Waals surface area contributed by atoms with Crippen molar-refractivity contribution in [1.82, 2.24) is 9.78 Å². The summed E-state index contributed by atoms with van der Waals surface area (Å²) in [7, 11) is 0. The highest BCUT2D eigenvalue weighted by molar-refractivity contribution is 5.63. The predicted octanol–water partition coefficient (Wildman–Crippen LogP) is 2.47. The molecule has 2 N–H and O–H groups in total. The normalized spacial score (nSPS) is 10.4. The molecule has 0 saturated heterocycles. The number of nitroso groups, excluding NO2 is 1. The van der Waals surface area contributed by atoms with Crippen molar-refractivity contribution in [2.45, 2.75) is 13.8 Å². The number of nitrogens with zero attached hydrogens (tertiary/aromatic N) is 3. The summed E-state index contributed by atoms with van der Waals surface area (Å²) in [5.74, 6) is 0.274. The number of nitrogens with two attached hydrogens (primary N) is 1. The minimum atomic E-state index is 0.209. The maximum atomic E-state index is 10.6. The van der Waals surface area contributed by atoms with E-state index < -0.39 is 0 Å². The van der Waals surface area contributed by atoms with Crippen LogP contribution in [-0.2, 0) is 0 Å². The Labute approximate surface area is 92.9 Å². The third-order valence-corrected chi connectivity index (χ3v) is 2.43. The van der Waals surface area contributed by atoms with Crippen molar-refractivity contribution in [1.29, 1.82) is 0 Å². The van der Waals surface area contributed by atoms with Gasteiger partial charge < -0.3 is 5.73 Å². The summed E-state index contributed by atoms with van der Waals surface area (Å²) in [5.41, 5.74) is 8.51. The fraction of sp³-hybridized carbons (Fsp3) is 0.182. The van der Waals surface area contributed by atoms with Crippen LogP contribution in [0.15, 0.2) is 29.4 Å². The van der Waals surface area contributed by atoms with Crippen molar-refractivity contribution >= 4 is 11.5 Å². The van der Waals surface area contributed by atoms with Gasteiger partial charge in [-0.3, -0.25) is 0 Å². The summed E-state index contributed by atoms with van der Waals surface area (Å²) in [6, 6.07) is 7.71. The van der Waals surface area contributed by atoms with Crippen LogP contribution >= 0.6 is 0 Å². The van der Waals surface area contributed by atoms with Crippen LogP contribution in [0.25, 0.3) is 5.69 Å². The van der Waals surface area contributed by atoms with Crippen molar-refractivity contribution in [3.63, 3.8) is 0 Å². The summed E-state index contributed by atoms with van der Waals surface area (Å²) < 4.78 is 1.52. The second-order valence-corrected chi connectivity index (χ2v) is 3.66. The van der Waals surface area contributed by atoms with Crippen molar-refractivity contribution in [2.24, 2.45) is 5.18 Å². The van der Waals surface area contributed by atoms with Crippen LogP contribution in [0.2, 0.25) is 0 Å². The number of aromatic nitrogens is 2. The van der Waals surface area contributed by atoms with E-state index >= 15 is 0 Å². The van der Waals surface area contributed by atoms with Crippen molar-refractivity contribution < 1.29 is 0 Å². The summed E-state index contributed by atoms with van der Waals surface area (Å²) in [6.07, 6.45) is 0. The number of hydrogen-bond acceptors (Lipinski definition) is 4. The third kappa shape index (κ3) is 1.56. The molecule has 0 aliphatic carbocycles. The van der Waals surface area contributed by atoms with E-state index in [4.69, 9.17) is 5.73 Å². The van der Waals surface area contributed by atoms with E-state index in [1.54, 1.807) is 6.92 Å². The van der Waals surface area contributed by atoms with E-state index in [-0.39, 0.29) is 11.5 Å². The molecule has 82 valence electrons. The minimum absolute atomic E-state index is 0.209. The first-order valence-electron chi connectivity index (χ1n) is 4.89. The molecule has 0 unspecified atom stereocenters. The first kappa shape index (κ1) is 10.4. The monoisotopic (exact) mass is 216 g/mol. The van der Waals surface area contributed by atoms with E-state index in [9.17, 15) is 4.91 Å². The van der Waals surface area contributed by atoms with Crippen LogP contribution in [0.5, 0.6) is 0 Å². The molecule has 1 aromatic heterocycles. The third-order valence-electron chi connectivity index (χ3n) is 2.43. The minimum Gasteiger partial charge on any atom is -0.382 e. The molecular formula is C11H12N4O. The van der Waals surface area contributed by atoms with Crippen molar-refractivity contribution in [3.8, 4) is 5.69 Å². The fourth-order valence-electron chi connectivity index (χ4n) is 1.53. The molecular weight excluding hydrogens is 204 g/mol. The lowest BCUT2D eigenvalue weighted by Crippen LogP contribution is -2.01. The van der Waals surface area contributed by atoms with Gasteiger partial charge in [0, 0.05) is 0 Å². The average Bonchev–Trinajstić information content (AvgIpc) is 2.55. The number of rotatable bonds is 2. The van der Waals surface area contributed by atoms with Crippen LogP contribution < -0.4 is 5.73 Å². The number of aryl methyl sites for hydroxylation is 2. The highest BCUT2D eigenvalue weighted by Gasteiger charge is 2.13. The van der Waals surface area contributed by atoms with Crippen LogP contribution in [0.1, 0.15) is 11.3 Å². The molecule has 16 heavy (non-hydrogen) atoms. The second-order valence-electron chi connectivity index (χ2n) is 3.66. The van der Waals surface area contributed by atoms with Gasteiger partial charge in [-0.1, -0.05) is 17.7 Å². The van der Waals surface area contributed by atoms with Gasteiger partial charge >= 0.3 is 0 Å². The Morgan fingerprint density at radius 1 is 1.25 bits per heavy atom. The molecule has 0 amide bonds. The standard InChI is InChI=1S/C11H12N4O/c1-7-3-5-9(6-4-7)15-11(12)10(14-16)8(2)13-15/h3-6H,12H2,1-2H3. The van der Waals surface area contributed by atoms with Gasteiger partial charge in [-0.25, -0.2) is 4.68 Å². The lowest BCUT2D eigenvalue weighted by atomic mass is 10.2. The Balaban J connectivity index is 2.56. The molecule has 5 nitrogen and oxygen atoms in total. The number of anilines is 1. The number of hydrogen-bond donors (Lipinski definition) is 1. The van der Waals surface area contributed by atoms with Gasteiger partial charge in [0.15, 0.2) is 11.5 Å². The number of benzene rings is 1. The average molecular weight is 216 g/mol. The topological polar surface area (TPSA) is 73.3 Å². The van der Waals surface area contributed by atoms with Crippen molar-refractivity contribution in [2.75, 3.05) is 5.73 Å². The molecule has 0 bridgehead atoms. The maximum absolute atomic E-state index is 10.6. The van der Waals surface area contributed by atoms with E-state index in [0.29, 0.717) is 5.69 Å². The predicted molar refractivity (Wildman–Crippen MR) is 62.9 cm³/mol. The molecule has 0 saturated carbocycles. The molecule has 2 aromatic rings. The smallest absolute Gasteiger partial charge is 0.172 e. The van der Waals surface area contributed by atoms with Gasteiger partial charge in [0.1, 0.15) is 0 Å². The van der Waals surface area contributed by atoms with Crippen LogP contribution in [-0.4, -0.2) is 9.78 Å². The van der Waals surface area contributed by atoms with Gasteiger partial charge in [0.05, 0.1) is 11.4 Å². The van der Waals surface area contributed by atoms with Gasteiger partial charge in [0.2, 0.25) is 0 Å². The summed E-state index contributed by atoms with van der Waals surface area (Å²) in [6.45, 7) is 3.71. The van der Waals surface area contributed by atoms with Gasteiger partial charge in [-0.15, -0.1) is 4.91 Å². The van der Waals surface area contributed by atoms with Crippen LogP contribution in [0, 0.1) is 18.8 Å². The first-order valence-corrected chi connectivity index (χ1v) is 4.89. The van der Waals surface area contributed by atoms with E-state index in [0.717, 1.165) is 11.3 Å². The molecule has 0 radical (unpaired) electrons. The SMILES string of the molecule is Cc1ccc(-n2nc(C)c(N=O)c2N)cc1. The van der Waals surface area contributed by atoms with Gasteiger partial charge in [0.25, 0.3) is 0 Å². The zero-order chi connectivity index (χ0) is 11.7. The van der Waals surface area contributed by atoms with E-state index in [1.165, 1.54) is 4.68 Å². The summed E-state index contributed by atoms with van der Waals surface area (Å²) in [5, 5.41) is 7.05. The molecule has 0 aliphatic heterocycles. The molecule has 1 heterocycles. The molecule has 2 rings (SSSR count). The Bertz CT molecular complexity index is 528. The summed E-state index contributed by atoms with van der Waals surface area (Å²) >= 11 is 0. The highest BCUT2D eigenvalue weighted by atomic mass is 16.3. The van der Waals surface area contributed by atoms with Gasteiger partial charge in [-0.05, 0) is 31.2 Å².